The number of thioether (sulfide) groups is 1. The number of carbonyl (C=O) groups excluding carboxylic acids is 1. The lowest BCUT2D eigenvalue weighted by molar-refractivity contribution is -0.118. The molecule has 0 radical (unpaired) electrons. The van der Waals surface area contributed by atoms with E-state index in [0.717, 1.165) is 41.1 Å². The maximum absolute atomic E-state index is 13.7. The molecule has 4 rings (SSSR count). The van der Waals surface area contributed by atoms with E-state index in [9.17, 15) is 10.1 Å². The zero-order valence-corrected chi connectivity index (χ0v) is 20.7. The lowest BCUT2D eigenvalue weighted by Crippen LogP contribution is -2.42. The van der Waals surface area contributed by atoms with Crippen molar-refractivity contribution < 1.29 is 4.79 Å². The molecule has 0 spiro atoms. The quantitative estimate of drug-likeness (QED) is 0.522. The minimum atomic E-state index is -0.399. The molecule has 0 fully saturated rings. The summed E-state index contributed by atoms with van der Waals surface area (Å²) in [6.45, 7) is 8.53. The molecule has 1 aliphatic carbocycles. The average Bonchev–Trinajstić information content (AvgIpc) is 3.15. The number of nitrogens with two attached hydrogens (primary N) is 1. The van der Waals surface area contributed by atoms with Crippen molar-refractivity contribution in [3.63, 3.8) is 0 Å². The van der Waals surface area contributed by atoms with Gasteiger partial charge in [0.1, 0.15) is 5.82 Å². The third-order valence-corrected chi connectivity index (χ3v) is 8.59. The van der Waals surface area contributed by atoms with E-state index in [4.69, 9.17) is 5.73 Å². The topological polar surface area (TPSA) is 70.1 Å². The minimum absolute atomic E-state index is 0.124. The Hall–Kier alpha value is -2.49. The first-order valence-electron chi connectivity index (χ1n) is 11.1. The summed E-state index contributed by atoms with van der Waals surface area (Å²) in [5, 5.41) is 10.3. The maximum atomic E-state index is 13.7. The first kappa shape index (κ1) is 22.7. The summed E-state index contributed by atoms with van der Waals surface area (Å²) in [6, 6.07) is 14.4. The molecule has 1 atom stereocenters. The van der Waals surface area contributed by atoms with Crippen LogP contribution in [0.4, 0.5) is 5.69 Å². The third kappa shape index (κ3) is 3.89. The molecule has 0 saturated carbocycles. The van der Waals surface area contributed by atoms with Gasteiger partial charge in [-0.3, -0.25) is 9.69 Å². The molecular formula is C26H29N3OS2. The van der Waals surface area contributed by atoms with Crippen molar-refractivity contribution in [1.82, 2.24) is 0 Å². The molecule has 2 N–H and O–H groups in total. The zero-order valence-electron chi connectivity index (χ0n) is 19.1. The molecule has 1 aromatic carbocycles. The number of nitrogens with zero attached hydrogens (tertiary/aromatic N) is 2. The standard InChI is InChI=1S/C26H29N3OS2/c1-5-17-12-18(25(32-17)31-6-2)22-19(15-27)24(28)29(16-10-8-7-9-11-16)20-13-26(3,4)14-21(30)23(20)22/h7-12,22H,5-6,13-14,28H2,1-4H3/t22-/m0/s1. The molecular weight excluding hydrogens is 434 g/mol. The highest BCUT2D eigenvalue weighted by molar-refractivity contribution is 8.01. The van der Waals surface area contributed by atoms with Gasteiger partial charge in [0.05, 0.1) is 21.8 Å². The Balaban J connectivity index is 2.00. The monoisotopic (exact) mass is 463 g/mol. The second kappa shape index (κ2) is 8.80. The summed E-state index contributed by atoms with van der Waals surface area (Å²) in [5.41, 5.74) is 10.7. The van der Waals surface area contributed by atoms with Gasteiger partial charge in [-0.1, -0.05) is 45.9 Å². The largest absolute Gasteiger partial charge is 0.384 e. The van der Waals surface area contributed by atoms with E-state index >= 15 is 0 Å². The van der Waals surface area contributed by atoms with Gasteiger partial charge >= 0.3 is 0 Å². The van der Waals surface area contributed by atoms with Crippen molar-refractivity contribution in [3.05, 3.63) is 69.5 Å². The number of rotatable bonds is 5. The molecule has 166 valence electrons. The van der Waals surface area contributed by atoms with Gasteiger partial charge in [0.15, 0.2) is 5.78 Å². The Labute approximate surface area is 198 Å². The highest BCUT2D eigenvalue weighted by atomic mass is 32.2. The van der Waals surface area contributed by atoms with Crippen LogP contribution in [-0.2, 0) is 11.2 Å². The number of hydrogen-bond donors (Lipinski definition) is 1. The molecule has 2 aromatic rings. The number of benzene rings is 1. The maximum Gasteiger partial charge on any atom is 0.162 e. The van der Waals surface area contributed by atoms with Gasteiger partial charge in [0.25, 0.3) is 0 Å². The number of para-hydroxylation sites is 1. The summed E-state index contributed by atoms with van der Waals surface area (Å²) in [7, 11) is 0. The van der Waals surface area contributed by atoms with Crippen LogP contribution in [0.2, 0.25) is 0 Å². The van der Waals surface area contributed by atoms with Crippen LogP contribution in [0, 0.1) is 16.7 Å². The van der Waals surface area contributed by atoms with Gasteiger partial charge in [-0.2, -0.15) is 5.26 Å². The van der Waals surface area contributed by atoms with E-state index in [-0.39, 0.29) is 11.2 Å². The lowest BCUT2D eigenvalue weighted by atomic mass is 9.69. The van der Waals surface area contributed by atoms with Crippen molar-refractivity contribution >= 4 is 34.6 Å². The van der Waals surface area contributed by atoms with Crippen LogP contribution >= 0.6 is 23.1 Å². The summed E-state index contributed by atoms with van der Waals surface area (Å²) in [4.78, 5) is 16.9. The number of Topliss-reactive ketones (excluding diaryl/α,β-unsaturated/α-hetero) is 1. The van der Waals surface area contributed by atoms with Gasteiger partial charge < -0.3 is 5.73 Å². The van der Waals surface area contributed by atoms with Crippen molar-refractivity contribution in [2.45, 2.75) is 57.1 Å². The molecule has 2 heterocycles. The fourth-order valence-corrected chi connectivity index (χ4v) is 7.13. The second-order valence-electron chi connectivity index (χ2n) is 9.06. The van der Waals surface area contributed by atoms with E-state index < -0.39 is 5.92 Å². The van der Waals surface area contributed by atoms with Gasteiger partial charge in [0.2, 0.25) is 0 Å². The molecule has 0 saturated heterocycles. The predicted molar refractivity (Wildman–Crippen MR) is 134 cm³/mol. The van der Waals surface area contributed by atoms with E-state index in [1.54, 1.807) is 23.1 Å². The lowest BCUT2D eigenvalue weighted by Gasteiger charge is -2.43. The SMILES string of the molecule is CCSc1sc(CC)cc1[C@H]1C(C#N)=C(N)N(c2ccccc2)C2=C1C(=O)CC(C)(C)C2. The number of nitriles is 1. The smallest absolute Gasteiger partial charge is 0.162 e. The van der Waals surface area contributed by atoms with Crippen molar-refractivity contribution in [3.8, 4) is 6.07 Å². The normalized spacial score (nSPS) is 20.4. The number of ketones is 1. The number of anilines is 1. The second-order valence-corrected chi connectivity index (χ2v) is 11.7. The molecule has 32 heavy (non-hydrogen) atoms. The first-order chi connectivity index (χ1) is 15.3. The first-order valence-corrected chi connectivity index (χ1v) is 12.9. The van der Waals surface area contributed by atoms with E-state index in [1.807, 2.05) is 35.2 Å². The molecule has 2 aliphatic rings. The highest BCUT2D eigenvalue weighted by Crippen LogP contribution is 2.52. The third-order valence-electron chi connectivity index (χ3n) is 6.11. The van der Waals surface area contributed by atoms with Crippen LogP contribution in [0.25, 0.3) is 0 Å². The van der Waals surface area contributed by atoms with Gasteiger partial charge in [-0.25, -0.2) is 0 Å². The average molecular weight is 464 g/mol. The Kier molecular flexibility index (Phi) is 6.24. The van der Waals surface area contributed by atoms with Crippen LogP contribution in [0.5, 0.6) is 0 Å². The number of hydrogen-bond acceptors (Lipinski definition) is 6. The van der Waals surface area contributed by atoms with Crippen molar-refractivity contribution in [2.75, 3.05) is 10.7 Å². The molecule has 4 nitrogen and oxygen atoms in total. The van der Waals surface area contributed by atoms with Crippen LogP contribution in [0.3, 0.4) is 0 Å². The van der Waals surface area contributed by atoms with Crippen LogP contribution in [-0.4, -0.2) is 11.5 Å². The number of thiophene rings is 1. The van der Waals surface area contributed by atoms with E-state index in [2.05, 4.69) is 39.8 Å². The fourth-order valence-electron chi connectivity index (χ4n) is 4.75. The summed E-state index contributed by atoms with van der Waals surface area (Å²) in [5.74, 6) is 1.10. The van der Waals surface area contributed by atoms with Crippen LogP contribution < -0.4 is 10.6 Å². The van der Waals surface area contributed by atoms with Crippen LogP contribution in [0.15, 0.2) is 63.3 Å². The Bertz CT molecular complexity index is 1150. The molecule has 0 bridgehead atoms. The summed E-state index contributed by atoms with van der Waals surface area (Å²) >= 11 is 3.55. The summed E-state index contributed by atoms with van der Waals surface area (Å²) < 4.78 is 1.19. The molecule has 0 unspecified atom stereocenters. The number of carbonyl (C=O) groups is 1. The van der Waals surface area contributed by atoms with Gasteiger partial charge in [0, 0.05) is 28.3 Å². The fraction of sp³-hybridized carbons (Fsp3) is 0.385. The Morgan fingerprint density at radius 2 is 1.97 bits per heavy atom. The Morgan fingerprint density at radius 3 is 2.59 bits per heavy atom. The van der Waals surface area contributed by atoms with Crippen LogP contribution in [0.1, 0.15) is 56.9 Å². The highest BCUT2D eigenvalue weighted by Gasteiger charge is 2.45. The summed E-state index contributed by atoms with van der Waals surface area (Å²) in [6.07, 6.45) is 2.14. The van der Waals surface area contributed by atoms with Crippen molar-refractivity contribution in [2.24, 2.45) is 11.1 Å². The molecule has 6 heteroatoms. The Morgan fingerprint density at radius 1 is 1.25 bits per heavy atom. The predicted octanol–water partition coefficient (Wildman–Crippen LogP) is 6.36. The van der Waals surface area contributed by atoms with Gasteiger partial charge in [-0.15, -0.1) is 23.1 Å². The zero-order chi connectivity index (χ0) is 23.0. The minimum Gasteiger partial charge on any atom is -0.384 e. The molecule has 1 aliphatic heterocycles. The number of allylic oxidation sites excluding steroid dienone is 3. The van der Waals surface area contributed by atoms with Gasteiger partial charge in [-0.05, 0) is 47.8 Å². The van der Waals surface area contributed by atoms with E-state index in [1.165, 1.54) is 9.09 Å². The molecule has 1 aromatic heterocycles. The number of aryl methyl sites for hydroxylation is 1. The van der Waals surface area contributed by atoms with Crippen molar-refractivity contribution in [1.29, 1.82) is 5.26 Å². The van der Waals surface area contributed by atoms with E-state index in [0.29, 0.717) is 17.8 Å². The molecule has 0 amide bonds.